The summed E-state index contributed by atoms with van der Waals surface area (Å²) in [7, 11) is 3.51. The Labute approximate surface area is 201 Å². The number of nitrogens with zero attached hydrogens (tertiary/aromatic N) is 4. The molecule has 0 atom stereocenters. The van der Waals surface area contributed by atoms with Gasteiger partial charge in [0, 0.05) is 45.3 Å². The average Bonchev–Trinajstić information content (AvgIpc) is 3.33. The molecule has 0 spiro atoms. The summed E-state index contributed by atoms with van der Waals surface area (Å²) in [5.74, 6) is 0.145. The molecule has 8 nitrogen and oxygen atoms in total. The number of ether oxygens (including phenoxy) is 1. The zero-order valence-corrected chi connectivity index (χ0v) is 19.6. The van der Waals surface area contributed by atoms with E-state index in [1.807, 2.05) is 35.9 Å². The zero-order valence-electron chi connectivity index (χ0n) is 19.6. The third-order valence-electron chi connectivity index (χ3n) is 6.49. The summed E-state index contributed by atoms with van der Waals surface area (Å²) in [6.45, 7) is 2.27. The second-order valence-corrected chi connectivity index (χ2v) is 8.70. The number of carbonyl (C=O) groups excluding carboxylic acids is 1. The third kappa shape index (κ3) is 4.42. The standard InChI is InChI=1S/C26H26FN5O3/c1-30-23-11-12-31(15-18-5-9-20(35-2)10-6-18)16-22(23)26(34)32-25(30)21(14-29-32)24(33)28-13-17-3-7-19(27)8-4-17/h3-10,14H,11-13,15-16H2,1-2H3,(H,28,33). The number of carbonyl (C=O) groups is 1. The summed E-state index contributed by atoms with van der Waals surface area (Å²) in [4.78, 5) is 28.5. The van der Waals surface area contributed by atoms with Crippen molar-refractivity contribution in [2.24, 2.45) is 7.05 Å². The molecule has 180 valence electrons. The molecule has 3 heterocycles. The van der Waals surface area contributed by atoms with Gasteiger partial charge in [0.25, 0.3) is 11.5 Å². The number of aryl methyl sites for hydroxylation is 1. The highest BCUT2D eigenvalue weighted by molar-refractivity contribution is 5.99. The lowest BCUT2D eigenvalue weighted by atomic mass is 10.1. The van der Waals surface area contributed by atoms with Crippen LogP contribution in [0.2, 0.25) is 0 Å². The zero-order chi connectivity index (χ0) is 24.5. The smallest absolute Gasteiger partial charge is 0.279 e. The molecule has 0 saturated carbocycles. The second kappa shape index (κ2) is 9.34. The maximum absolute atomic E-state index is 13.3. The molecule has 5 rings (SSSR count). The Morgan fingerprint density at radius 2 is 1.83 bits per heavy atom. The van der Waals surface area contributed by atoms with Gasteiger partial charge in [0.1, 0.15) is 17.1 Å². The van der Waals surface area contributed by atoms with Gasteiger partial charge >= 0.3 is 0 Å². The molecule has 35 heavy (non-hydrogen) atoms. The second-order valence-electron chi connectivity index (χ2n) is 8.70. The first-order chi connectivity index (χ1) is 16.9. The Bertz CT molecular complexity index is 1440. The lowest BCUT2D eigenvalue weighted by molar-refractivity contribution is 0.0952. The normalized spacial score (nSPS) is 13.6. The minimum atomic E-state index is -0.337. The Morgan fingerprint density at radius 1 is 1.11 bits per heavy atom. The van der Waals surface area contributed by atoms with Crippen molar-refractivity contribution in [3.63, 3.8) is 0 Å². The number of rotatable bonds is 6. The van der Waals surface area contributed by atoms with Crippen LogP contribution in [0.3, 0.4) is 0 Å². The Morgan fingerprint density at radius 3 is 2.54 bits per heavy atom. The minimum absolute atomic E-state index is 0.204. The van der Waals surface area contributed by atoms with E-state index in [0.29, 0.717) is 29.7 Å². The van der Waals surface area contributed by atoms with Gasteiger partial charge in [-0.2, -0.15) is 9.61 Å². The monoisotopic (exact) mass is 475 g/mol. The fourth-order valence-corrected chi connectivity index (χ4v) is 4.60. The average molecular weight is 476 g/mol. The summed E-state index contributed by atoms with van der Waals surface area (Å²) < 4.78 is 21.6. The van der Waals surface area contributed by atoms with E-state index in [9.17, 15) is 14.0 Å². The number of hydrogen-bond donors (Lipinski definition) is 1. The number of halogens is 1. The van der Waals surface area contributed by atoms with Gasteiger partial charge in [0.15, 0.2) is 5.65 Å². The predicted octanol–water partition coefficient (Wildman–Crippen LogP) is 2.67. The number of amides is 1. The molecule has 1 amide bonds. The Hall–Kier alpha value is -3.98. The van der Waals surface area contributed by atoms with Crippen LogP contribution in [0.5, 0.6) is 5.75 Å². The van der Waals surface area contributed by atoms with E-state index in [2.05, 4.69) is 15.3 Å². The molecule has 2 aromatic carbocycles. The van der Waals surface area contributed by atoms with E-state index >= 15 is 0 Å². The largest absolute Gasteiger partial charge is 0.497 e. The van der Waals surface area contributed by atoms with Crippen LogP contribution in [0, 0.1) is 5.82 Å². The molecule has 1 N–H and O–H groups in total. The van der Waals surface area contributed by atoms with Crippen LogP contribution in [0.25, 0.3) is 5.65 Å². The summed E-state index contributed by atoms with van der Waals surface area (Å²) in [5, 5.41) is 7.08. The molecule has 0 radical (unpaired) electrons. The lowest BCUT2D eigenvalue weighted by Gasteiger charge is -2.30. The summed E-state index contributed by atoms with van der Waals surface area (Å²) in [6, 6.07) is 13.9. The highest BCUT2D eigenvalue weighted by Gasteiger charge is 2.26. The SMILES string of the molecule is COc1ccc(CN2CCc3c(c(=O)n4ncc(C(=O)NCc5ccc(F)cc5)c4n3C)C2)cc1. The van der Waals surface area contributed by atoms with Gasteiger partial charge in [-0.25, -0.2) is 4.39 Å². The maximum atomic E-state index is 13.3. The van der Waals surface area contributed by atoms with Crippen LogP contribution in [0.1, 0.15) is 32.7 Å². The van der Waals surface area contributed by atoms with E-state index in [1.54, 1.807) is 19.2 Å². The number of fused-ring (bicyclic) bond motifs is 2. The van der Waals surface area contributed by atoms with Gasteiger partial charge in [0.2, 0.25) is 0 Å². The van der Waals surface area contributed by atoms with Crippen molar-refractivity contribution >= 4 is 11.6 Å². The maximum Gasteiger partial charge on any atom is 0.279 e. The van der Waals surface area contributed by atoms with Gasteiger partial charge in [0.05, 0.1) is 18.9 Å². The molecule has 1 aliphatic heterocycles. The number of benzene rings is 2. The van der Waals surface area contributed by atoms with Crippen molar-refractivity contribution in [2.45, 2.75) is 26.1 Å². The van der Waals surface area contributed by atoms with Crippen molar-refractivity contribution in [2.75, 3.05) is 13.7 Å². The van der Waals surface area contributed by atoms with Crippen LogP contribution in [-0.2, 0) is 33.1 Å². The minimum Gasteiger partial charge on any atom is -0.497 e. The Kier molecular flexibility index (Phi) is 6.08. The lowest BCUT2D eigenvalue weighted by Crippen LogP contribution is -2.38. The molecular formula is C26H26FN5O3. The molecule has 1 aliphatic rings. The van der Waals surface area contributed by atoms with Gasteiger partial charge in [-0.3, -0.25) is 14.5 Å². The summed E-state index contributed by atoms with van der Waals surface area (Å²) in [5.41, 5.74) is 4.13. The van der Waals surface area contributed by atoms with Crippen LogP contribution in [-0.4, -0.2) is 38.6 Å². The van der Waals surface area contributed by atoms with E-state index in [0.717, 1.165) is 35.7 Å². The van der Waals surface area contributed by atoms with Crippen LogP contribution >= 0.6 is 0 Å². The molecular weight excluding hydrogens is 449 g/mol. The highest BCUT2D eigenvalue weighted by Crippen LogP contribution is 2.22. The topological polar surface area (TPSA) is 80.9 Å². The molecule has 9 heteroatoms. The molecule has 4 aromatic rings. The first-order valence-electron chi connectivity index (χ1n) is 11.4. The highest BCUT2D eigenvalue weighted by atomic mass is 19.1. The third-order valence-corrected chi connectivity index (χ3v) is 6.49. The fraction of sp³-hybridized carbons (Fsp3) is 0.269. The van der Waals surface area contributed by atoms with Gasteiger partial charge in [-0.15, -0.1) is 0 Å². The van der Waals surface area contributed by atoms with Gasteiger partial charge < -0.3 is 14.6 Å². The van der Waals surface area contributed by atoms with Gasteiger partial charge in [-0.1, -0.05) is 24.3 Å². The van der Waals surface area contributed by atoms with Crippen molar-refractivity contribution in [1.82, 2.24) is 24.4 Å². The number of nitrogens with one attached hydrogen (secondary N) is 1. The number of hydrogen-bond acceptors (Lipinski definition) is 5. The number of aromatic nitrogens is 3. The first-order valence-corrected chi connectivity index (χ1v) is 11.4. The van der Waals surface area contributed by atoms with Gasteiger partial charge in [-0.05, 0) is 35.4 Å². The van der Waals surface area contributed by atoms with Crippen LogP contribution < -0.4 is 15.6 Å². The van der Waals surface area contributed by atoms with Crippen LogP contribution in [0.15, 0.2) is 59.5 Å². The summed E-state index contributed by atoms with van der Waals surface area (Å²) in [6.07, 6.45) is 2.12. The predicted molar refractivity (Wildman–Crippen MR) is 129 cm³/mol. The molecule has 0 bridgehead atoms. The summed E-state index contributed by atoms with van der Waals surface area (Å²) >= 11 is 0. The Balaban J connectivity index is 1.38. The van der Waals surface area contributed by atoms with E-state index in [4.69, 9.17) is 4.74 Å². The molecule has 0 aliphatic carbocycles. The fourth-order valence-electron chi connectivity index (χ4n) is 4.60. The van der Waals surface area contributed by atoms with Crippen molar-refractivity contribution in [3.8, 4) is 5.75 Å². The van der Waals surface area contributed by atoms with Crippen LogP contribution in [0.4, 0.5) is 4.39 Å². The van der Waals surface area contributed by atoms with Crippen molar-refractivity contribution in [3.05, 3.63) is 98.8 Å². The van der Waals surface area contributed by atoms with E-state index in [-0.39, 0.29) is 23.8 Å². The van der Waals surface area contributed by atoms with Crippen molar-refractivity contribution in [1.29, 1.82) is 0 Å². The molecule has 0 saturated heterocycles. The number of methoxy groups -OCH3 is 1. The first kappa shape index (κ1) is 22.8. The van der Waals surface area contributed by atoms with Crippen molar-refractivity contribution < 1.29 is 13.9 Å². The molecule has 0 fully saturated rings. The molecule has 0 unspecified atom stereocenters. The van der Waals surface area contributed by atoms with E-state index in [1.165, 1.54) is 22.8 Å². The molecule has 2 aromatic heterocycles. The quantitative estimate of drug-likeness (QED) is 0.464. The van der Waals surface area contributed by atoms with E-state index < -0.39 is 0 Å².